The van der Waals surface area contributed by atoms with Gasteiger partial charge in [-0.3, -0.25) is 0 Å². The summed E-state index contributed by atoms with van der Waals surface area (Å²) in [4.78, 5) is 4.20. The summed E-state index contributed by atoms with van der Waals surface area (Å²) in [5.74, 6) is 0.763. The third-order valence-electron chi connectivity index (χ3n) is 2.21. The lowest BCUT2D eigenvalue weighted by atomic mass is 10.2. The van der Waals surface area contributed by atoms with Gasteiger partial charge in [-0.2, -0.15) is 0 Å². The first-order chi connectivity index (χ1) is 8.15. The number of hydrogen-bond donors (Lipinski definition) is 2. The summed E-state index contributed by atoms with van der Waals surface area (Å²) in [6.45, 7) is 0.663. The lowest BCUT2D eigenvalue weighted by Crippen LogP contribution is -2.02. The van der Waals surface area contributed by atoms with E-state index in [1.807, 2.05) is 30.3 Å². The van der Waals surface area contributed by atoms with Gasteiger partial charge >= 0.3 is 0 Å². The predicted octanol–water partition coefficient (Wildman–Crippen LogP) is 3.69. The van der Waals surface area contributed by atoms with Crippen molar-refractivity contribution in [3.8, 4) is 0 Å². The van der Waals surface area contributed by atoms with Gasteiger partial charge in [0.15, 0.2) is 0 Å². The molecule has 0 saturated heterocycles. The Hall–Kier alpha value is -1.26. The number of aromatic nitrogens is 1. The fourth-order valence-electron chi connectivity index (χ4n) is 1.42. The first-order valence-electron chi connectivity index (χ1n) is 5.04. The fourth-order valence-corrected chi connectivity index (χ4v) is 2.14. The number of hydrogen-bond acceptors (Lipinski definition) is 3. The van der Waals surface area contributed by atoms with Crippen LogP contribution in [-0.2, 0) is 6.54 Å². The minimum Gasteiger partial charge on any atom is -0.397 e. The minimum absolute atomic E-state index is 0.630. The average Bonchev–Trinajstić information content (AvgIpc) is 2.28. The van der Waals surface area contributed by atoms with E-state index >= 15 is 0 Å². The summed E-state index contributed by atoms with van der Waals surface area (Å²) in [6.07, 6.45) is 1.62. The quantitative estimate of drug-likeness (QED) is 0.908. The van der Waals surface area contributed by atoms with Crippen LogP contribution in [0.2, 0.25) is 5.02 Å². The van der Waals surface area contributed by atoms with Crippen molar-refractivity contribution >= 4 is 39.0 Å². The van der Waals surface area contributed by atoms with Crippen LogP contribution in [0.5, 0.6) is 0 Å². The summed E-state index contributed by atoms with van der Waals surface area (Å²) in [6, 6.07) is 9.50. The zero-order chi connectivity index (χ0) is 12.3. The van der Waals surface area contributed by atoms with Crippen molar-refractivity contribution in [2.75, 3.05) is 11.1 Å². The number of nitrogens with two attached hydrogens (primary N) is 1. The second kappa shape index (κ2) is 5.38. The van der Waals surface area contributed by atoms with Crippen LogP contribution in [0.1, 0.15) is 5.56 Å². The number of nitrogen functional groups attached to an aromatic ring is 1. The molecule has 2 rings (SSSR count). The lowest BCUT2D eigenvalue weighted by molar-refractivity contribution is 1.11. The standard InChI is InChI=1S/C12H11BrClN3/c13-11-5-10(15)7-17-12(11)16-6-8-2-1-3-9(14)4-8/h1-5,7H,6,15H2,(H,16,17). The Balaban J connectivity index is 2.07. The van der Waals surface area contributed by atoms with Gasteiger partial charge in [-0.1, -0.05) is 23.7 Å². The van der Waals surface area contributed by atoms with Crippen LogP contribution in [0.3, 0.4) is 0 Å². The maximum absolute atomic E-state index is 5.91. The fraction of sp³-hybridized carbons (Fsp3) is 0.0833. The summed E-state index contributed by atoms with van der Waals surface area (Å²) < 4.78 is 0.847. The summed E-state index contributed by atoms with van der Waals surface area (Å²) in [5, 5.41) is 3.94. The molecule has 17 heavy (non-hydrogen) atoms. The molecule has 3 nitrogen and oxygen atoms in total. The highest BCUT2D eigenvalue weighted by molar-refractivity contribution is 9.10. The Kier molecular flexibility index (Phi) is 3.86. The predicted molar refractivity (Wildman–Crippen MR) is 75.1 cm³/mol. The minimum atomic E-state index is 0.630. The molecule has 0 unspecified atom stereocenters. The van der Waals surface area contributed by atoms with Crippen molar-refractivity contribution in [3.63, 3.8) is 0 Å². The maximum atomic E-state index is 5.91. The third-order valence-corrected chi connectivity index (χ3v) is 3.05. The van der Waals surface area contributed by atoms with E-state index in [0.717, 1.165) is 20.9 Å². The van der Waals surface area contributed by atoms with E-state index in [0.29, 0.717) is 12.2 Å². The van der Waals surface area contributed by atoms with Gasteiger partial charge in [0.2, 0.25) is 0 Å². The van der Waals surface area contributed by atoms with Crippen LogP contribution in [0.15, 0.2) is 41.0 Å². The van der Waals surface area contributed by atoms with Gasteiger partial charge in [-0.15, -0.1) is 0 Å². The number of pyridine rings is 1. The van der Waals surface area contributed by atoms with Gasteiger partial charge in [-0.05, 0) is 39.7 Å². The lowest BCUT2D eigenvalue weighted by Gasteiger charge is -2.08. The van der Waals surface area contributed by atoms with Gasteiger partial charge in [0.1, 0.15) is 5.82 Å². The number of benzene rings is 1. The molecule has 0 amide bonds. The van der Waals surface area contributed by atoms with Crippen molar-refractivity contribution in [1.29, 1.82) is 0 Å². The van der Waals surface area contributed by atoms with E-state index in [9.17, 15) is 0 Å². The second-order valence-electron chi connectivity index (χ2n) is 3.58. The Morgan fingerprint density at radius 3 is 2.88 bits per heavy atom. The highest BCUT2D eigenvalue weighted by atomic mass is 79.9. The summed E-state index contributed by atoms with van der Waals surface area (Å²) >= 11 is 9.31. The Morgan fingerprint density at radius 1 is 1.35 bits per heavy atom. The summed E-state index contributed by atoms with van der Waals surface area (Å²) in [5.41, 5.74) is 7.35. The monoisotopic (exact) mass is 311 g/mol. The largest absolute Gasteiger partial charge is 0.397 e. The SMILES string of the molecule is Nc1cnc(NCc2cccc(Cl)c2)c(Br)c1. The molecule has 1 aromatic heterocycles. The third kappa shape index (κ3) is 3.35. The molecule has 0 aliphatic rings. The van der Waals surface area contributed by atoms with Gasteiger partial charge in [0.05, 0.1) is 16.4 Å². The molecule has 0 radical (unpaired) electrons. The molecular weight excluding hydrogens is 302 g/mol. The second-order valence-corrected chi connectivity index (χ2v) is 4.87. The van der Waals surface area contributed by atoms with Gasteiger partial charge < -0.3 is 11.1 Å². The van der Waals surface area contributed by atoms with Crippen molar-refractivity contribution in [3.05, 3.63) is 51.6 Å². The maximum Gasteiger partial charge on any atom is 0.140 e. The zero-order valence-corrected chi connectivity index (χ0v) is 11.3. The molecular formula is C12H11BrClN3. The van der Waals surface area contributed by atoms with Crippen LogP contribution in [-0.4, -0.2) is 4.98 Å². The van der Waals surface area contributed by atoms with Gasteiger partial charge in [-0.25, -0.2) is 4.98 Å². The molecule has 3 N–H and O–H groups in total. The first-order valence-corrected chi connectivity index (χ1v) is 6.21. The number of nitrogens with one attached hydrogen (secondary N) is 1. The Morgan fingerprint density at radius 2 is 2.18 bits per heavy atom. The van der Waals surface area contributed by atoms with E-state index in [4.69, 9.17) is 17.3 Å². The normalized spacial score (nSPS) is 10.2. The molecule has 0 saturated carbocycles. The van der Waals surface area contributed by atoms with Crippen molar-refractivity contribution in [1.82, 2.24) is 4.98 Å². The molecule has 0 spiro atoms. The highest BCUT2D eigenvalue weighted by Gasteiger charge is 2.01. The van der Waals surface area contributed by atoms with Crippen molar-refractivity contribution in [2.45, 2.75) is 6.54 Å². The molecule has 0 fully saturated rings. The molecule has 0 aliphatic heterocycles. The highest BCUT2D eigenvalue weighted by Crippen LogP contribution is 2.22. The number of halogens is 2. The topological polar surface area (TPSA) is 50.9 Å². The first kappa shape index (κ1) is 12.2. The van der Waals surface area contributed by atoms with Crippen LogP contribution >= 0.6 is 27.5 Å². The summed E-state index contributed by atoms with van der Waals surface area (Å²) in [7, 11) is 0. The van der Waals surface area contributed by atoms with Crippen LogP contribution in [0, 0.1) is 0 Å². The molecule has 1 aromatic carbocycles. The van der Waals surface area contributed by atoms with E-state index in [1.165, 1.54) is 0 Å². The molecule has 0 atom stereocenters. The van der Waals surface area contributed by atoms with Crippen LogP contribution in [0.25, 0.3) is 0 Å². The zero-order valence-electron chi connectivity index (χ0n) is 8.95. The van der Waals surface area contributed by atoms with Gasteiger partial charge in [0.25, 0.3) is 0 Å². The number of rotatable bonds is 3. The van der Waals surface area contributed by atoms with E-state index in [-0.39, 0.29) is 0 Å². The van der Waals surface area contributed by atoms with E-state index in [2.05, 4.69) is 26.2 Å². The van der Waals surface area contributed by atoms with Crippen molar-refractivity contribution in [2.24, 2.45) is 0 Å². The molecule has 0 bridgehead atoms. The van der Waals surface area contributed by atoms with Crippen LogP contribution < -0.4 is 11.1 Å². The molecule has 0 aliphatic carbocycles. The molecule has 1 heterocycles. The average molecular weight is 313 g/mol. The Bertz CT molecular complexity index is 531. The van der Waals surface area contributed by atoms with E-state index in [1.54, 1.807) is 6.20 Å². The number of nitrogens with zero attached hydrogens (tertiary/aromatic N) is 1. The molecule has 2 aromatic rings. The molecule has 88 valence electrons. The molecule has 5 heteroatoms. The van der Waals surface area contributed by atoms with Crippen LogP contribution in [0.4, 0.5) is 11.5 Å². The smallest absolute Gasteiger partial charge is 0.140 e. The Labute approximate surface area is 113 Å². The number of anilines is 2. The van der Waals surface area contributed by atoms with Gasteiger partial charge in [0, 0.05) is 11.6 Å². The van der Waals surface area contributed by atoms with E-state index < -0.39 is 0 Å². The van der Waals surface area contributed by atoms with Crippen molar-refractivity contribution < 1.29 is 0 Å².